The summed E-state index contributed by atoms with van der Waals surface area (Å²) in [5, 5.41) is 66.6. The Morgan fingerprint density at radius 1 is 0.579 bits per heavy atom. The van der Waals surface area contributed by atoms with Gasteiger partial charge in [-0.1, -0.05) is 90.1 Å². The van der Waals surface area contributed by atoms with Gasteiger partial charge in [0, 0.05) is 77.4 Å². The van der Waals surface area contributed by atoms with E-state index in [0.29, 0.717) is 53.2 Å². The Morgan fingerprint density at radius 3 is 1.51 bits per heavy atom. The molecule has 0 saturated carbocycles. The number of nitrogens with one attached hydrogen (secondary N) is 9. The molecular weight excluding hydrogens is 1640 g/mol. The fourth-order valence-electron chi connectivity index (χ4n) is 15.0. The number of pyridine rings is 2. The number of primary amides is 1. The maximum atomic E-state index is 15.5. The maximum Gasteiger partial charge on any atom is 0.335 e. The summed E-state index contributed by atoms with van der Waals surface area (Å²) in [7, 11) is 5.10. The van der Waals surface area contributed by atoms with Crippen molar-refractivity contribution in [2.24, 2.45) is 29.2 Å². The van der Waals surface area contributed by atoms with Crippen LogP contribution in [0.3, 0.4) is 0 Å². The first-order valence-corrected chi connectivity index (χ1v) is 41.6. The van der Waals surface area contributed by atoms with E-state index in [1.54, 1.807) is 114 Å². The highest BCUT2D eigenvalue weighted by atomic mass is 16.7. The van der Waals surface area contributed by atoms with E-state index in [-0.39, 0.29) is 74.8 Å². The Kier molecular flexibility index (Phi) is 34.0. The van der Waals surface area contributed by atoms with Crippen molar-refractivity contribution in [2.75, 3.05) is 92.4 Å². The molecule has 42 heteroatoms. The predicted molar refractivity (Wildman–Crippen MR) is 451 cm³/mol. The number of anilines is 1. The largest absolute Gasteiger partial charge is 0.486 e. The number of carboxylic acid groups (broad SMARTS) is 1. The number of likely N-dealkylation sites (N-methyl/N-ethyl adjacent to an activating group) is 4. The Morgan fingerprint density at radius 2 is 1.05 bits per heavy atom. The number of hydrogen-bond donors (Lipinski definition) is 15. The molecule has 126 heavy (non-hydrogen) atoms. The first-order valence-electron chi connectivity index (χ1n) is 41.6. The summed E-state index contributed by atoms with van der Waals surface area (Å²) in [6, 6.07) is 10.6. The van der Waals surface area contributed by atoms with Crippen LogP contribution >= 0.6 is 0 Å². The van der Waals surface area contributed by atoms with E-state index in [4.69, 9.17) is 25.7 Å². The predicted octanol–water partition coefficient (Wildman–Crippen LogP) is -2.49. The van der Waals surface area contributed by atoms with Crippen LogP contribution in [0, 0.1) is 17.8 Å². The fraction of sp³-hybridized carbons (Fsp3) is 0.524. The molecule has 4 aliphatic rings. The molecule has 4 aliphatic heterocycles. The smallest absolute Gasteiger partial charge is 0.335 e. The third-order valence-electron chi connectivity index (χ3n) is 22.3. The molecule has 42 nitrogen and oxygen atoms in total. The number of para-hydroxylation sites is 2. The zero-order chi connectivity index (χ0) is 92.2. The second kappa shape index (κ2) is 44.2. The van der Waals surface area contributed by atoms with Gasteiger partial charge in [0.1, 0.15) is 67.2 Å². The average molecular weight is 1760 g/mol. The summed E-state index contributed by atoms with van der Waals surface area (Å²) in [5.41, 5.74) is 11.7. The zero-order valence-electron chi connectivity index (χ0n) is 71.8. The van der Waals surface area contributed by atoms with Crippen molar-refractivity contribution in [1.29, 1.82) is 0 Å². The minimum atomic E-state index is -2.14. The highest BCUT2D eigenvalue weighted by Gasteiger charge is 2.49. The lowest BCUT2D eigenvalue weighted by molar-refractivity contribution is -0.271. The van der Waals surface area contributed by atoms with Gasteiger partial charge in [0.15, 0.2) is 29.0 Å². The van der Waals surface area contributed by atoms with E-state index < -0.39 is 236 Å². The van der Waals surface area contributed by atoms with E-state index in [2.05, 4.69) is 57.8 Å². The van der Waals surface area contributed by atoms with Gasteiger partial charge >= 0.3 is 12.0 Å². The molecule has 9 rings (SSSR count). The molecule has 16 amide bonds. The fourth-order valence-corrected chi connectivity index (χ4v) is 15.0. The van der Waals surface area contributed by atoms with Crippen molar-refractivity contribution >= 4 is 122 Å². The van der Waals surface area contributed by atoms with Crippen LogP contribution in [0.5, 0.6) is 11.5 Å². The molecule has 4 saturated heterocycles. The van der Waals surface area contributed by atoms with Crippen molar-refractivity contribution in [1.82, 2.24) is 81.9 Å². The number of ether oxygens (including phenoxy) is 3. The standard InChI is InChI=1S/C84H113N19O23/c1-43(2)63(85)75(114)95-52(24-19-31-87-84(86)123)72(111)92-49-29-27-46(28-30-49)42-124-57-34-47-20-11-13-22-50(47)93-64(57)76(115)96-53-36-88-78(117)66(44(3)4)100(9)61(106)40-98(7)60(105)39-91-74(113)56-26-16-18-33-103(56)81(120)54(97-77(116)65-58(35-48-21-12-14-23-51(48)94-65)125-83-70(110)68(108)69(109)71(126-83)82(121)122)37-89-79(118)67(45(5)6)101(10)62(107)41-99(8)59(104)38-90-73(112)55-25-15-17-32-102(55)80(53)119/h11-14,20-23,27-30,34-35,43-45,52-56,63,66-71,83,108-110H,15-19,24-26,31-33,36-42,85H2,1-10H3,(H,88,117)(H,89,118)(H,90,112)(H,91,113)(H,92,111)(H,95,114)(H,96,115)(H,97,116)(H,121,122)(H3,86,87,123)/t52-,53+,54+,55-,56-,63-,66-,67-,68-,69-,70+,71-,83+/m0/s1. The van der Waals surface area contributed by atoms with Crippen molar-refractivity contribution in [3.63, 3.8) is 0 Å². The summed E-state index contributed by atoms with van der Waals surface area (Å²) in [6.07, 6.45) is -8.72. The summed E-state index contributed by atoms with van der Waals surface area (Å²) >= 11 is 0. The number of aliphatic hydroxyl groups is 3. The lowest BCUT2D eigenvalue weighted by atomic mass is 9.99. The number of fused-ring (bicyclic) bond motifs is 4. The molecule has 17 N–H and O–H groups in total. The van der Waals surface area contributed by atoms with Crippen LogP contribution in [0.4, 0.5) is 10.5 Å². The third kappa shape index (κ3) is 24.8. The van der Waals surface area contributed by atoms with E-state index in [1.165, 1.54) is 45.2 Å². The molecule has 0 aliphatic carbocycles. The maximum absolute atomic E-state index is 15.5. The number of carbonyl (C=O) groups excluding carboxylic acids is 15. The molecule has 0 unspecified atom stereocenters. The quantitative estimate of drug-likeness (QED) is 0.0338. The second-order valence-electron chi connectivity index (χ2n) is 32.6. The van der Waals surface area contributed by atoms with Gasteiger partial charge in [0.25, 0.3) is 11.8 Å². The highest BCUT2D eigenvalue weighted by molar-refractivity contribution is 6.04. The Hall–Kier alpha value is -12.8. The highest BCUT2D eigenvalue weighted by Crippen LogP contribution is 2.32. The number of carbonyl (C=O) groups is 16. The number of amides is 16. The molecule has 2 aromatic heterocycles. The first-order chi connectivity index (χ1) is 59.7. The molecule has 0 spiro atoms. The summed E-state index contributed by atoms with van der Waals surface area (Å²) < 4.78 is 17.6. The zero-order valence-corrected chi connectivity index (χ0v) is 71.8. The summed E-state index contributed by atoms with van der Waals surface area (Å²) in [5.74, 6) is -15.7. The monoisotopic (exact) mass is 1760 g/mol. The van der Waals surface area contributed by atoms with Crippen LogP contribution in [-0.4, -0.2) is 321 Å². The molecule has 13 atom stereocenters. The molecule has 3 aromatic carbocycles. The molecule has 6 heterocycles. The number of carboxylic acids is 1. The number of benzene rings is 3. The van der Waals surface area contributed by atoms with Gasteiger partial charge in [0.05, 0.1) is 43.3 Å². The number of rotatable bonds is 21. The van der Waals surface area contributed by atoms with Gasteiger partial charge < -0.3 is 123 Å². The van der Waals surface area contributed by atoms with Gasteiger partial charge in [-0.3, -0.25) is 67.1 Å². The van der Waals surface area contributed by atoms with Crippen LogP contribution in [0.2, 0.25) is 0 Å². The van der Waals surface area contributed by atoms with Crippen LogP contribution in [0.25, 0.3) is 21.8 Å². The van der Waals surface area contributed by atoms with E-state index in [0.717, 1.165) is 24.5 Å². The van der Waals surface area contributed by atoms with Crippen LogP contribution in [0.1, 0.15) is 119 Å². The molecule has 682 valence electrons. The molecule has 4 fully saturated rings. The molecule has 0 bridgehead atoms. The molecular formula is C84H113N19O23. The van der Waals surface area contributed by atoms with Gasteiger partial charge in [-0.2, -0.15) is 0 Å². The minimum Gasteiger partial charge on any atom is -0.486 e. The summed E-state index contributed by atoms with van der Waals surface area (Å²) in [6.45, 7) is 5.40. The average Bonchev–Trinajstić information content (AvgIpc) is 0.791. The van der Waals surface area contributed by atoms with Gasteiger partial charge in [0.2, 0.25) is 77.2 Å². The van der Waals surface area contributed by atoms with Crippen molar-refractivity contribution < 1.29 is 111 Å². The Labute approximate surface area is 726 Å². The minimum absolute atomic E-state index is 0.00245. The lowest BCUT2D eigenvalue weighted by Gasteiger charge is -2.38. The van der Waals surface area contributed by atoms with Gasteiger partial charge in [-0.15, -0.1) is 0 Å². The molecule has 0 radical (unpaired) electrons. The number of hydrogen-bond acceptors (Lipinski definition) is 25. The first kappa shape index (κ1) is 97.0. The van der Waals surface area contributed by atoms with Crippen molar-refractivity contribution in [3.05, 3.63) is 102 Å². The number of nitrogens with two attached hydrogens (primary N) is 2. The van der Waals surface area contributed by atoms with E-state index >= 15 is 14.4 Å². The van der Waals surface area contributed by atoms with Crippen molar-refractivity contribution in [2.45, 2.75) is 179 Å². The topological polar surface area (TPSA) is 587 Å². The third-order valence-corrected chi connectivity index (χ3v) is 22.3. The number of urea groups is 1. The SMILES string of the molecule is CC(C)[C@H](N)C(=O)N[C@@H](CCCNC(N)=O)C(=O)Nc1ccc(COc2cc3ccccc3nc2C(=O)N[C@@H]2CNC(=O)[C@H](C(C)C)N(C)C(=O)CN(C)C(=O)CNC(=O)[C@@H]3CCCCN3C(=O)[C@H](NC(=O)c3nc4ccccc4cc3O[C@@H]3O[C@H](C(=O)O)[C@@H](O)[C@H](O)[C@H]3O)CNC(=O)[C@H](C(C)C)N(C)C(=O)CN(C)C(=O)CNC(=O)[C@@H]3CCCCN3C2=O)cc1. The number of piperidine rings is 2. The number of nitrogens with zero attached hydrogens (tertiary/aromatic N) is 8. The Bertz CT molecular complexity index is 4860. The van der Waals surface area contributed by atoms with Gasteiger partial charge in [-0.05, 0) is 111 Å². The summed E-state index contributed by atoms with van der Waals surface area (Å²) in [4.78, 5) is 242. The number of aromatic nitrogens is 2. The van der Waals surface area contributed by atoms with Crippen LogP contribution in [0.15, 0.2) is 84.9 Å². The van der Waals surface area contributed by atoms with E-state index in [1.807, 2.05) is 0 Å². The van der Waals surface area contributed by atoms with E-state index in [9.17, 15) is 82.8 Å². The van der Waals surface area contributed by atoms with Crippen LogP contribution < -0.4 is 68.8 Å². The number of aliphatic carboxylic acids is 1. The Balaban J connectivity index is 0.978. The lowest BCUT2D eigenvalue weighted by Crippen LogP contribution is -2.61. The normalized spacial score (nSPS) is 23.6. The number of aliphatic hydroxyl groups excluding tert-OH is 3. The second-order valence-corrected chi connectivity index (χ2v) is 32.6. The van der Waals surface area contributed by atoms with Crippen LogP contribution in [-0.2, 0) is 73.7 Å². The van der Waals surface area contributed by atoms with Crippen molar-refractivity contribution in [3.8, 4) is 11.5 Å². The molecule has 5 aromatic rings. The van der Waals surface area contributed by atoms with Gasteiger partial charge in [-0.25, -0.2) is 19.6 Å².